The highest BCUT2D eigenvalue weighted by Crippen LogP contribution is 2.18. The Labute approximate surface area is 176 Å². The molecule has 0 bridgehead atoms. The highest BCUT2D eigenvalue weighted by molar-refractivity contribution is 5.94. The topological polar surface area (TPSA) is 69.8 Å². The number of hydrogen-bond acceptors (Lipinski definition) is 3. The summed E-state index contributed by atoms with van der Waals surface area (Å²) in [5, 5.41) is 7.57. The zero-order valence-electron chi connectivity index (χ0n) is 16.9. The molecule has 0 unspecified atom stereocenters. The number of anilines is 1. The highest BCUT2D eigenvalue weighted by Gasteiger charge is 2.07. The number of fused-ring (bicyclic) bond motifs is 1. The van der Waals surface area contributed by atoms with E-state index in [-0.39, 0.29) is 5.91 Å². The van der Waals surface area contributed by atoms with Crippen molar-refractivity contribution in [1.29, 1.82) is 0 Å². The van der Waals surface area contributed by atoms with Crippen molar-refractivity contribution in [1.82, 2.24) is 15.3 Å². The zero-order chi connectivity index (χ0) is 20.6. The van der Waals surface area contributed by atoms with E-state index < -0.39 is 0 Å². The normalized spacial score (nSPS) is 10.8. The van der Waals surface area contributed by atoms with E-state index in [2.05, 4.69) is 57.1 Å². The van der Waals surface area contributed by atoms with Crippen LogP contribution >= 0.6 is 0 Å². The molecule has 5 nitrogen and oxygen atoms in total. The van der Waals surface area contributed by atoms with Gasteiger partial charge in [-0.25, -0.2) is 4.98 Å². The molecule has 3 N–H and O–H groups in total. The van der Waals surface area contributed by atoms with Crippen molar-refractivity contribution in [3.63, 3.8) is 0 Å². The Morgan fingerprint density at radius 3 is 2.67 bits per heavy atom. The molecule has 4 rings (SSSR count). The fourth-order valence-corrected chi connectivity index (χ4v) is 3.57. The van der Waals surface area contributed by atoms with Gasteiger partial charge in [0.25, 0.3) is 5.91 Å². The molecule has 1 amide bonds. The third-order valence-corrected chi connectivity index (χ3v) is 5.17. The van der Waals surface area contributed by atoms with Crippen LogP contribution in [0.1, 0.15) is 27.9 Å². The molecule has 0 atom stereocenters. The summed E-state index contributed by atoms with van der Waals surface area (Å²) in [5.74, 6) is 0.650. The number of carbonyl (C=O) groups is 1. The molecule has 0 aliphatic carbocycles. The van der Waals surface area contributed by atoms with Gasteiger partial charge in [-0.2, -0.15) is 0 Å². The van der Waals surface area contributed by atoms with Crippen molar-refractivity contribution in [3.05, 3.63) is 95.8 Å². The molecule has 0 radical (unpaired) electrons. The van der Waals surface area contributed by atoms with Crippen molar-refractivity contribution in [2.75, 3.05) is 18.4 Å². The first kappa shape index (κ1) is 19.7. The van der Waals surface area contributed by atoms with Crippen LogP contribution in [0.15, 0.2) is 79.1 Å². The van der Waals surface area contributed by atoms with Gasteiger partial charge in [0.2, 0.25) is 0 Å². The summed E-state index contributed by atoms with van der Waals surface area (Å²) in [6.07, 6.45) is 6.47. The maximum Gasteiger partial charge on any atom is 0.251 e. The lowest BCUT2D eigenvalue weighted by atomic mass is 10.1. The zero-order valence-corrected chi connectivity index (χ0v) is 16.9. The molecule has 5 heteroatoms. The maximum atomic E-state index is 12.4. The van der Waals surface area contributed by atoms with E-state index in [9.17, 15) is 4.79 Å². The molecule has 0 aliphatic heterocycles. The third-order valence-electron chi connectivity index (χ3n) is 5.17. The number of carbonyl (C=O) groups excluding carboxylic acids is 1. The number of aromatic amines is 1. The number of H-pyrrole nitrogens is 1. The van der Waals surface area contributed by atoms with Crippen LogP contribution in [0.2, 0.25) is 0 Å². The number of benzene rings is 2. The fourth-order valence-electron chi connectivity index (χ4n) is 3.57. The quantitative estimate of drug-likeness (QED) is 0.362. The first-order chi connectivity index (χ1) is 14.8. The second-order valence-electron chi connectivity index (χ2n) is 7.31. The van der Waals surface area contributed by atoms with E-state index in [1.807, 2.05) is 30.3 Å². The van der Waals surface area contributed by atoms with Crippen LogP contribution < -0.4 is 10.6 Å². The van der Waals surface area contributed by atoms with Gasteiger partial charge in [-0.15, -0.1) is 0 Å². The van der Waals surface area contributed by atoms with Crippen molar-refractivity contribution >= 4 is 22.6 Å². The van der Waals surface area contributed by atoms with E-state index in [0.29, 0.717) is 17.9 Å². The number of amides is 1. The minimum Gasteiger partial charge on any atom is -0.370 e. The second-order valence-corrected chi connectivity index (χ2v) is 7.31. The number of rotatable bonds is 9. The van der Waals surface area contributed by atoms with E-state index in [1.54, 1.807) is 12.3 Å². The van der Waals surface area contributed by atoms with Crippen LogP contribution in [0.25, 0.3) is 10.9 Å². The van der Waals surface area contributed by atoms with Crippen molar-refractivity contribution < 1.29 is 4.79 Å². The molecule has 2 heterocycles. The molecular formula is C25H26N4O. The van der Waals surface area contributed by atoms with Gasteiger partial charge in [0.15, 0.2) is 0 Å². The van der Waals surface area contributed by atoms with Crippen LogP contribution in [-0.2, 0) is 12.8 Å². The average Bonchev–Trinajstić information content (AvgIpc) is 3.21. The lowest BCUT2D eigenvalue weighted by molar-refractivity contribution is 0.0953. The van der Waals surface area contributed by atoms with Crippen LogP contribution in [0.3, 0.4) is 0 Å². The smallest absolute Gasteiger partial charge is 0.251 e. The summed E-state index contributed by atoms with van der Waals surface area (Å²) in [5.41, 5.74) is 4.33. The van der Waals surface area contributed by atoms with E-state index in [1.165, 1.54) is 16.5 Å². The summed E-state index contributed by atoms with van der Waals surface area (Å²) in [6, 6.07) is 22.2. The third kappa shape index (κ3) is 5.06. The Balaban J connectivity index is 1.25. The van der Waals surface area contributed by atoms with Gasteiger partial charge in [-0.3, -0.25) is 4.79 Å². The Kier molecular flexibility index (Phi) is 6.40. The molecule has 4 aromatic rings. The van der Waals surface area contributed by atoms with Crippen molar-refractivity contribution in [3.8, 4) is 0 Å². The summed E-state index contributed by atoms with van der Waals surface area (Å²) >= 11 is 0. The largest absolute Gasteiger partial charge is 0.370 e. The molecule has 0 saturated heterocycles. The predicted molar refractivity (Wildman–Crippen MR) is 122 cm³/mol. The maximum absolute atomic E-state index is 12.4. The van der Waals surface area contributed by atoms with E-state index in [0.717, 1.165) is 31.3 Å². The molecule has 2 aromatic heterocycles. The fraction of sp³-hybridized carbons (Fsp3) is 0.200. The van der Waals surface area contributed by atoms with Gasteiger partial charge in [0, 0.05) is 41.9 Å². The number of nitrogens with one attached hydrogen (secondary N) is 3. The molecule has 0 aliphatic rings. The molecule has 2 aromatic carbocycles. The lowest BCUT2D eigenvalue weighted by Crippen LogP contribution is -2.25. The number of para-hydroxylation sites is 1. The van der Waals surface area contributed by atoms with Gasteiger partial charge < -0.3 is 15.6 Å². The summed E-state index contributed by atoms with van der Waals surface area (Å²) in [4.78, 5) is 20.1. The van der Waals surface area contributed by atoms with Gasteiger partial charge in [-0.1, -0.05) is 48.5 Å². The Morgan fingerprint density at radius 2 is 1.77 bits per heavy atom. The monoisotopic (exact) mass is 398 g/mol. The Morgan fingerprint density at radius 1 is 0.933 bits per heavy atom. The van der Waals surface area contributed by atoms with E-state index in [4.69, 9.17) is 0 Å². The summed E-state index contributed by atoms with van der Waals surface area (Å²) in [7, 11) is 0. The van der Waals surface area contributed by atoms with Crippen LogP contribution in [0, 0.1) is 0 Å². The Bertz CT molecular complexity index is 1100. The van der Waals surface area contributed by atoms with Gasteiger partial charge in [0.05, 0.1) is 0 Å². The average molecular weight is 399 g/mol. The first-order valence-electron chi connectivity index (χ1n) is 10.4. The molecular weight excluding hydrogens is 372 g/mol. The van der Waals surface area contributed by atoms with Crippen LogP contribution in [-0.4, -0.2) is 29.0 Å². The minimum atomic E-state index is -0.0647. The molecule has 0 spiro atoms. The number of nitrogens with zero attached hydrogens (tertiary/aromatic N) is 1. The summed E-state index contributed by atoms with van der Waals surface area (Å²) < 4.78 is 0. The van der Waals surface area contributed by atoms with Crippen LogP contribution in [0.5, 0.6) is 0 Å². The number of aryl methyl sites for hydroxylation is 1. The molecule has 152 valence electrons. The van der Waals surface area contributed by atoms with Crippen LogP contribution in [0.4, 0.5) is 5.82 Å². The molecule has 30 heavy (non-hydrogen) atoms. The standard InChI is InChI=1S/C25H26N4O/c30-25(28-14-6-9-19-7-2-1-3-8-19)20-12-15-26-24(17-20)27-16-13-21-18-29-23-11-5-4-10-22(21)23/h1-5,7-8,10-12,15,17-18,29H,6,9,13-14,16H2,(H,26,27)(H,28,30). The van der Waals surface area contributed by atoms with Crippen molar-refractivity contribution in [2.24, 2.45) is 0 Å². The predicted octanol–water partition coefficient (Wildman–Crippen LogP) is 4.58. The van der Waals surface area contributed by atoms with Crippen molar-refractivity contribution in [2.45, 2.75) is 19.3 Å². The van der Waals surface area contributed by atoms with Gasteiger partial charge in [-0.05, 0) is 48.6 Å². The van der Waals surface area contributed by atoms with Gasteiger partial charge >= 0.3 is 0 Å². The molecule has 0 fully saturated rings. The Hall–Kier alpha value is -3.60. The van der Waals surface area contributed by atoms with E-state index >= 15 is 0 Å². The lowest BCUT2D eigenvalue weighted by Gasteiger charge is -2.08. The number of pyridine rings is 1. The first-order valence-corrected chi connectivity index (χ1v) is 10.4. The highest BCUT2D eigenvalue weighted by atomic mass is 16.1. The number of hydrogen-bond donors (Lipinski definition) is 3. The minimum absolute atomic E-state index is 0.0647. The SMILES string of the molecule is O=C(NCCCc1ccccc1)c1ccnc(NCCc2c[nH]c3ccccc23)c1. The summed E-state index contributed by atoms with van der Waals surface area (Å²) in [6.45, 7) is 1.40. The number of aromatic nitrogens is 2. The van der Waals surface area contributed by atoms with Gasteiger partial charge in [0.1, 0.15) is 5.82 Å². The second kappa shape index (κ2) is 9.74. The molecule has 0 saturated carbocycles.